The van der Waals surface area contributed by atoms with Gasteiger partial charge in [-0.3, -0.25) is 10.1 Å². The van der Waals surface area contributed by atoms with Crippen LogP contribution in [0.2, 0.25) is 0 Å². The number of nitrogens with zero attached hydrogens (tertiary/aromatic N) is 4. The standard InChI is InChI=1S/C12H11N5O3/c1-2-9-6-15-10(20-9)7-16-12-11(17(18)19)8(5-13)3-4-14-12/h3-4,6H,2,7H2,1H3,(H,14,16). The Balaban J connectivity index is 2.21. The van der Waals surface area contributed by atoms with Gasteiger partial charge < -0.3 is 9.73 Å². The van der Waals surface area contributed by atoms with Crippen LogP contribution in [0.1, 0.15) is 24.1 Å². The van der Waals surface area contributed by atoms with E-state index in [1.54, 1.807) is 12.3 Å². The number of hydrogen-bond donors (Lipinski definition) is 1. The van der Waals surface area contributed by atoms with E-state index in [2.05, 4.69) is 15.3 Å². The smallest absolute Gasteiger partial charge is 0.328 e. The van der Waals surface area contributed by atoms with E-state index in [9.17, 15) is 10.1 Å². The molecule has 0 aliphatic heterocycles. The molecule has 2 heterocycles. The molecule has 102 valence electrons. The molecular formula is C12H11N5O3. The molecule has 0 unspecified atom stereocenters. The fourth-order valence-corrected chi connectivity index (χ4v) is 1.61. The topological polar surface area (TPSA) is 118 Å². The third kappa shape index (κ3) is 2.72. The molecule has 0 amide bonds. The van der Waals surface area contributed by atoms with E-state index in [-0.39, 0.29) is 23.6 Å². The molecule has 0 aromatic carbocycles. The van der Waals surface area contributed by atoms with Gasteiger partial charge in [-0.05, 0) is 6.07 Å². The summed E-state index contributed by atoms with van der Waals surface area (Å²) in [7, 11) is 0. The summed E-state index contributed by atoms with van der Waals surface area (Å²) in [5.41, 5.74) is -0.397. The molecule has 8 heteroatoms. The zero-order chi connectivity index (χ0) is 14.5. The van der Waals surface area contributed by atoms with Gasteiger partial charge >= 0.3 is 5.69 Å². The number of anilines is 1. The van der Waals surface area contributed by atoms with Crippen LogP contribution in [-0.2, 0) is 13.0 Å². The molecular weight excluding hydrogens is 262 g/mol. The number of aromatic nitrogens is 2. The number of aryl methyl sites for hydroxylation is 1. The van der Waals surface area contributed by atoms with Crippen molar-refractivity contribution in [3.63, 3.8) is 0 Å². The lowest BCUT2D eigenvalue weighted by atomic mass is 10.2. The van der Waals surface area contributed by atoms with Gasteiger partial charge in [-0.25, -0.2) is 9.97 Å². The summed E-state index contributed by atoms with van der Waals surface area (Å²) in [4.78, 5) is 18.3. The van der Waals surface area contributed by atoms with Crippen molar-refractivity contribution in [2.24, 2.45) is 0 Å². The van der Waals surface area contributed by atoms with Crippen molar-refractivity contribution in [3.05, 3.63) is 45.8 Å². The van der Waals surface area contributed by atoms with E-state index < -0.39 is 4.92 Å². The minimum atomic E-state index is -0.638. The van der Waals surface area contributed by atoms with Crippen LogP contribution in [0, 0.1) is 21.4 Å². The lowest BCUT2D eigenvalue weighted by molar-refractivity contribution is -0.384. The number of nitro groups is 1. The second kappa shape index (κ2) is 5.79. The average molecular weight is 273 g/mol. The first-order chi connectivity index (χ1) is 9.65. The molecule has 2 aromatic heterocycles. The van der Waals surface area contributed by atoms with Crippen LogP contribution in [0.5, 0.6) is 0 Å². The highest BCUT2D eigenvalue weighted by Crippen LogP contribution is 2.25. The third-order valence-electron chi connectivity index (χ3n) is 2.58. The summed E-state index contributed by atoms with van der Waals surface area (Å²) in [6, 6.07) is 3.06. The molecule has 0 saturated heterocycles. The van der Waals surface area contributed by atoms with E-state index in [0.717, 1.165) is 12.2 Å². The van der Waals surface area contributed by atoms with Gasteiger partial charge in [0.25, 0.3) is 0 Å². The monoisotopic (exact) mass is 273 g/mol. The van der Waals surface area contributed by atoms with Gasteiger partial charge in [0.15, 0.2) is 0 Å². The number of pyridine rings is 1. The molecule has 1 N–H and O–H groups in total. The van der Waals surface area contributed by atoms with E-state index in [1.807, 2.05) is 6.92 Å². The summed E-state index contributed by atoms with van der Waals surface area (Å²) < 4.78 is 5.38. The Morgan fingerprint density at radius 3 is 2.95 bits per heavy atom. The van der Waals surface area contributed by atoms with Crippen molar-refractivity contribution >= 4 is 11.5 Å². The second-order valence-electron chi connectivity index (χ2n) is 3.85. The van der Waals surface area contributed by atoms with E-state index >= 15 is 0 Å². The Hall–Kier alpha value is -2.95. The maximum absolute atomic E-state index is 11.0. The van der Waals surface area contributed by atoms with Crippen LogP contribution in [0.25, 0.3) is 0 Å². The number of nitrogens with one attached hydrogen (secondary N) is 1. The fraction of sp³-hybridized carbons (Fsp3) is 0.250. The minimum Gasteiger partial charge on any atom is -0.444 e. The van der Waals surface area contributed by atoms with Crippen molar-refractivity contribution in [1.29, 1.82) is 5.26 Å². The molecule has 0 spiro atoms. The van der Waals surface area contributed by atoms with E-state index in [0.29, 0.717) is 5.89 Å². The van der Waals surface area contributed by atoms with Crippen molar-refractivity contribution in [3.8, 4) is 6.07 Å². The Morgan fingerprint density at radius 2 is 2.35 bits per heavy atom. The van der Waals surface area contributed by atoms with Crippen LogP contribution < -0.4 is 5.32 Å². The van der Waals surface area contributed by atoms with Gasteiger partial charge in [0.1, 0.15) is 17.4 Å². The molecule has 20 heavy (non-hydrogen) atoms. The molecule has 2 aromatic rings. The minimum absolute atomic E-state index is 0.0188. The lowest BCUT2D eigenvalue weighted by Gasteiger charge is -2.04. The first-order valence-electron chi connectivity index (χ1n) is 5.86. The molecule has 0 radical (unpaired) electrons. The normalized spacial score (nSPS) is 10.0. The van der Waals surface area contributed by atoms with Gasteiger partial charge in [-0.15, -0.1) is 0 Å². The van der Waals surface area contributed by atoms with Crippen molar-refractivity contribution < 1.29 is 9.34 Å². The molecule has 0 atom stereocenters. The van der Waals surface area contributed by atoms with Crippen LogP contribution in [0.4, 0.5) is 11.5 Å². The Morgan fingerprint density at radius 1 is 1.55 bits per heavy atom. The predicted molar refractivity (Wildman–Crippen MR) is 68.8 cm³/mol. The highest BCUT2D eigenvalue weighted by atomic mass is 16.6. The molecule has 0 saturated carbocycles. The third-order valence-corrected chi connectivity index (χ3v) is 2.58. The average Bonchev–Trinajstić information content (AvgIpc) is 2.92. The van der Waals surface area contributed by atoms with Crippen molar-refractivity contribution in [1.82, 2.24) is 9.97 Å². The summed E-state index contributed by atoms with van der Waals surface area (Å²) in [5.74, 6) is 1.15. The predicted octanol–water partition coefficient (Wildman–Crippen LogP) is 2.02. The SMILES string of the molecule is CCc1cnc(CNc2nccc(C#N)c2[N+](=O)[O-])o1. The Kier molecular flexibility index (Phi) is 3.91. The molecule has 0 aliphatic rings. The number of hydrogen-bond acceptors (Lipinski definition) is 7. The molecule has 0 fully saturated rings. The van der Waals surface area contributed by atoms with E-state index in [1.165, 1.54) is 12.3 Å². The van der Waals surface area contributed by atoms with Crippen molar-refractivity contribution in [2.75, 3.05) is 5.32 Å². The maximum atomic E-state index is 11.0. The van der Waals surface area contributed by atoms with Gasteiger partial charge in [0.2, 0.25) is 11.7 Å². The summed E-state index contributed by atoms with van der Waals surface area (Å²) in [6.45, 7) is 2.09. The van der Waals surface area contributed by atoms with E-state index in [4.69, 9.17) is 9.68 Å². The quantitative estimate of drug-likeness (QED) is 0.653. The second-order valence-corrected chi connectivity index (χ2v) is 3.85. The fourth-order valence-electron chi connectivity index (χ4n) is 1.61. The summed E-state index contributed by atoms with van der Waals surface area (Å²) in [6.07, 6.45) is 3.65. The number of nitriles is 1. The highest BCUT2D eigenvalue weighted by molar-refractivity contribution is 5.63. The van der Waals surface area contributed by atoms with Gasteiger partial charge in [-0.1, -0.05) is 6.92 Å². The summed E-state index contributed by atoms with van der Waals surface area (Å²) in [5, 5.41) is 22.6. The van der Waals surface area contributed by atoms with Gasteiger partial charge in [0, 0.05) is 12.6 Å². The Bertz CT molecular complexity index is 674. The first-order valence-corrected chi connectivity index (χ1v) is 5.86. The van der Waals surface area contributed by atoms with Crippen LogP contribution in [0.15, 0.2) is 22.9 Å². The van der Waals surface area contributed by atoms with Crippen LogP contribution in [-0.4, -0.2) is 14.9 Å². The van der Waals surface area contributed by atoms with Crippen LogP contribution >= 0.6 is 0 Å². The lowest BCUT2D eigenvalue weighted by Crippen LogP contribution is -2.06. The number of rotatable bonds is 5. The van der Waals surface area contributed by atoms with Gasteiger partial charge in [0.05, 0.1) is 17.7 Å². The van der Waals surface area contributed by atoms with Crippen LogP contribution in [0.3, 0.4) is 0 Å². The highest BCUT2D eigenvalue weighted by Gasteiger charge is 2.21. The van der Waals surface area contributed by atoms with Gasteiger partial charge in [-0.2, -0.15) is 5.26 Å². The molecule has 0 aliphatic carbocycles. The largest absolute Gasteiger partial charge is 0.444 e. The number of oxazole rings is 1. The maximum Gasteiger partial charge on any atom is 0.328 e. The molecule has 2 rings (SSSR count). The molecule has 0 bridgehead atoms. The Labute approximate surface area is 114 Å². The zero-order valence-corrected chi connectivity index (χ0v) is 10.7. The van der Waals surface area contributed by atoms with Crippen molar-refractivity contribution in [2.45, 2.75) is 19.9 Å². The first kappa shape index (κ1) is 13.5. The summed E-state index contributed by atoms with van der Waals surface area (Å²) >= 11 is 0. The zero-order valence-electron chi connectivity index (χ0n) is 10.7. The molecule has 8 nitrogen and oxygen atoms in total.